The summed E-state index contributed by atoms with van der Waals surface area (Å²) >= 11 is 0. The number of hydrogen-bond acceptors (Lipinski definition) is 2. The number of anilines is 1. The van der Waals surface area contributed by atoms with Crippen LogP contribution in [0.4, 0.5) is 5.88 Å². The molecule has 1 saturated carbocycles. The highest BCUT2D eigenvalue weighted by Gasteiger charge is 2.36. The Balaban J connectivity index is 2.03. The number of hydrogen-bond donors (Lipinski definition) is 1. The molecule has 0 spiro atoms. The predicted molar refractivity (Wildman–Crippen MR) is 58.6 cm³/mol. The van der Waals surface area contributed by atoms with Gasteiger partial charge in [0.2, 0.25) is 5.91 Å². The summed E-state index contributed by atoms with van der Waals surface area (Å²) in [5.41, 5.74) is -0.194. The molecule has 2 rings (SSSR count). The van der Waals surface area contributed by atoms with Gasteiger partial charge in [0, 0.05) is 11.5 Å². The number of nitrogens with one attached hydrogen (secondary N) is 1. The first kappa shape index (κ1) is 10.3. The number of rotatable bonds is 2. The maximum absolute atomic E-state index is 12.0. The maximum atomic E-state index is 12.0. The minimum absolute atomic E-state index is 0.0920. The molecule has 1 N–H and O–H groups in total. The van der Waals surface area contributed by atoms with E-state index in [-0.39, 0.29) is 11.3 Å². The highest BCUT2D eigenvalue weighted by molar-refractivity contribution is 5.94. The monoisotopic (exact) mass is 207 g/mol. The topological polar surface area (TPSA) is 42.2 Å². The Morgan fingerprint density at radius 1 is 1.40 bits per heavy atom. The fraction of sp³-hybridized carbons (Fsp3) is 0.583. The van der Waals surface area contributed by atoms with Crippen molar-refractivity contribution in [2.24, 2.45) is 5.41 Å². The molecule has 0 aromatic carbocycles. The van der Waals surface area contributed by atoms with Crippen LogP contribution in [0.2, 0.25) is 0 Å². The van der Waals surface area contributed by atoms with Crippen molar-refractivity contribution in [2.45, 2.75) is 39.5 Å². The summed E-state index contributed by atoms with van der Waals surface area (Å²) in [6.07, 6.45) is 4.28. The van der Waals surface area contributed by atoms with Crippen LogP contribution in [-0.4, -0.2) is 5.91 Å². The lowest BCUT2D eigenvalue weighted by atomic mass is 9.88. The van der Waals surface area contributed by atoms with Crippen LogP contribution in [0.5, 0.6) is 0 Å². The standard InChI is InChI=1S/C12H17NO2/c1-9-5-6-10(15-9)13-11(14)12(2)7-3-4-8-12/h5-6H,3-4,7-8H2,1-2H3,(H,13,14). The van der Waals surface area contributed by atoms with Gasteiger partial charge in [-0.25, -0.2) is 0 Å². The number of furan rings is 1. The van der Waals surface area contributed by atoms with E-state index in [1.807, 2.05) is 19.9 Å². The summed E-state index contributed by atoms with van der Waals surface area (Å²) in [6.45, 7) is 3.90. The van der Waals surface area contributed by atoms with Gasteiger partial charge in [0.05, 0.1) is 0 Å². The molecular weight excluding hydrogens is 190 g/mol. The second-order valence-electron chi connectivity index (χ2n) is 4.63. The minimum Gasteiger partial charge on any atom is -0.446 e. The summed E-state index contributed by atoms with van der Waals surface area (Å²) in [5, 5.41) is 2.84. The molecule has 1 aliphatic carbocycles. The Hall–Kier alpha value is -1.25. The molecule has 0 saturated heterocycles. The van der Waals surface area contributed by atoms with Crippen molar-refractivity contribution in [1.29, 1.82) is 0 Å². The Bertz CT molecular complexity index is 361. The third-order valence-corrected chi connectivity index (χ3v) is 3.23. The summed E-state index contributed by atoms with van der Waals surface area (Å²) in [6, 6.07) is 3.65. The molecule has 1 heterocycles. The Morgan fingerprint density at radius 2 is 2.07 bits per heavy atom. The number of aryl methyl sites for hydroxylation is 1. The Morgan fingerprint density at radius 3 is 2.60 bits per heavy atom. The normalized spacial score (nSPS) is 19.1. The van der Waals surface area contributed by atoms with Crippen molar-refractivity contribution in [3.63, 3.8) is 0 Å². The molecule has 1 aromatic rings. The van der Waals surface area contributed by atoms with Gasteiger partial charge in [-0.05, 0) is 25.8 Å². The van der Waals surface area contributed by atoms with Gasteiger partial charge in [-0.2, -0.15) is 0 Å². The van der Waals surface area contributed by atoms with E-state index in [0.29, 0.717) is 5.88 Å². The van der Waals surface area contributed by atoms with E-state index in [0.717, 1.165) is 31.4 Å². The van der Waals surface area contributed by atoms with Gasteiger partial charge < -0.3 is 4.42 Å². The molecule has 82 valence electrons. The molecule has 1 aromatic heterocycles. The van der Waals surface area contributed by atoms with Gasteiger partial charge in [-0.15, -0.1) is 0 Å². The van der Waals surface area contributed by atoms with Crippen molar-refractivity contribution in [2.75, 3.05) is 5.32 Å². The van der Waals surface area contributed by atoms with Gasteiger partial charge in [-0.3, -0.25) is 10.1 Å². The molecule has 0 bridgehead atoms. The minimum atomic E-state index is -0.194. The molecule has 0 aliphatic heterocycles. The molecular formula is C12H17NO2. The van der Waals surface area contributed by atoms with Crippen LogP contribution < -0.4 is 5.32 Å². The van der Waals surface area contributed by atoms with Crippen LogP contribution in [0, 0.1) is 12.3 Å². The SMILES string of the molecule is Cc1ccc(NC(=O)C2(C)CCCC2)o1. The summed E-state index contributed by atoms with van der Waals surface area (Å²) in [5.74, 6) is 1.47. The van der Waals surface area contributed by atoms with E-state index in [1.54, 1.807) is 6.07 Å². The van der Waals surface area contributed by atoms with Crippen molar-refractivity contribution < 1.29 is 9.21 Å². The Kier molecular flexibility index (Phi) is 2.55. The maximum Gasteiger partial charge on any atom is 0.232 e. The van der Waals surface area contributed by atoms with Crippen LogP contribution in [0.15, 0.2) is 16.5 Å². The molecule has 1 aliphatic rings. The number of carbonyl (C=O) groups is 1. The zero-order valence-corrected chi connectivity index (χ0v) is 9.30. The van der Waals surface area contributed by atoms with E-state index < -0.39 is 0 Å². The number of amides is 1. The van der Waals surface area contributed by atoms with Crippen molar-refractivity contribution in [1.82, 2.24) is 0 Å². The molecule has 1 amide bonds. The number of carbonyl (C=O) groups excluding carboxylic acids is 1. The third-order valence-electron chi connectivity index (χ3n) is 3.23. The summed E-state index contributed by atoms with van der Waals surface area (Å²) in [7, 11) is 0. The average Bonchev–Trinajstić information content (AvgIpc) is 2.76. The van der Waals surface area contributed by atoms with E-state index in [2.05, 4.69) is 5.32 Å². The fourth-order valence-corrected chi connectivity index (χ4v) is 2.15. The second kappa shape index (κ2) is 3.72. The van der Waals surface area contributed by atoms with Crippen LogP contribution in [-0.2, 0) is 4.79 Å². The van der Waals surface area contributed by atoms with E-state index in [4.69, 9.17) is 4.42 Å². The van der Waals surface area contributed by atoms with E-state index in [1.165, 1.54) is 0 Å². The molecule has 3 heteroatoms. The molecule has 0 radical (unpaired) electrons. The van der Waals surface area contributed by atoms with Crippen molar-refractivity contribution in [3.05, 3.63) is 17.9 Å². The van der Waals surface area contributed by atoms with Gasteiger partial charge in [0.25, 0.3) is 0 Å². The van der Waals surface area contributed by atoms with E-state index >= 15 is 0 Å². The summed E-state index contributed by atoms with van der Waals surface area (Å²) < 4.78 is 5.33. The molecule has 1 fully saturated rings. The molecule has 15 heavy (non-hydrogen) atoms. The molecule has 0 atom stereocenters. The largest absolute Gasteiger partial charge is 0.446 e. The highest BCUT2D eigenvalue weighted by Crippen LogP contribution is 2.38. The molecule has 0 unspecified atom stereocenters. The van der Waals surface area contributed by atoms with Gasteiger partial charge in [0.1, 0.15) is 5.76 Å². The first-order chi connectivity index (χ1) is 7.10. The fourth-order valence-electron chi connectivity index (χ4n) is 2.15. The smallest absolute Gasteiger partial charge is 0.232 e. The second-order valence-corrected chi connectivity index (χ2v) is 4.63. The third kappa shape index (κ3) is 2.06. The predicted octanol–water partition coefficient (Wildman–Crippen LogP) is 3.11. The van der Waals surface area contributed by atoms with Crippen LogP contribution >= 0.6 is 0 Å². The lowest BCUT2D eigenvalue weighted by molar-refractivity contribution is -0.124. The summed E-state index contributed by atoms with van der Waals surface area (Å²) in [4.78, 5) is 12.0. The van der Waals surface area contributed by atoms with Crippen LogP contribution in [0.25, 0.3) is 0 Å². The first-order valence-electron chi connectivity index (χ1n) is 5.48. The van der Waals surface area contributed by atoms with Gasteiger partial charge in [0.15, 0.2) is 5.88 Å². The van der Waals surface area contributed by atoms with Crippen molar-refractivity contribution >= 4 is 11.8 Å². The van der Waals surface area contributed by atoms with Crippen LogP contribution in [0.3, 0.4) is 0 Å². The zero-order valence-electron chi connectivity index (χ0n) is 9.30. The van der Waals surface area contributed by atoms with Gasteiger partial charge in [-0.1, -0.05) is 19.8 Å². The lowest BCUT2D eigenvalue weighted by Gasteiger charge is -2.21. The van der Waals surface area contributed by atoms with Crippen LogP contribution in [0.1, 0.15) is 38.4 Å². The Labute approximate surface area is 89.9 Å². The molecule has 3 nitrogen and oxygen atoms in total. The van der Waals surface area contributed by atoms with Crippen molar-refractivity contribution in [3.8, 4) is 0 Å². The lowest BCUT2D eigenvalue weighted by Crippen LogP contribution is -2.30. The highest BCUT2D eigenvalue weighted by atomic mass is 16.4. The van der Waals surface area contributed by atoms with E-state index in [9.17, 15) is 4.79 Å². The van der Waals surface area contributed by atoms with Gasteiger partial charge >= 0.3 is 0 Å². The first-order valence-corrected chi connectivity index (χ1v) is 5.48. The zero-order chi connectivity index (χ0) is 10.9. The average molecular weight is 207 g/mol. The quantitative estimate of drug-likeness (QED) is 0.809.